The van der Waals surface area contributed by atoms with E-state index in [0.29, 0.717) is 0 Å². The summed E-state index contributed by atoms with van der Waals surface area (Å²) in [4.78, 5) is 0. The van der Waals surface area contributed by atoms with E-state index in [1.807, 2.05) is 0 Å². The number of aryl methyl sites for hydroxylation is 1. The van der Waals surface area contributed by atoms with Crippen molar-refractivity contribution in [1.82, 2.24) is 0 Å². The predicted molar refractivity (Wildman–Crippen MR) is 249 cm³/mol. The van der Waals surface area contributed by atoms with E-state index in [1.54, 1.807) is 0 Å². The van der Waals surface area contributed by atoms with Crippen LogP contribution in [-0.2, 0) is 12.8 Å². The third kappa shape index (κ3) is 4.85. The molecule has 0 saturated heterocycles. The minimum absolute atomic E-state index is 0.259. The van der Waals surface area contributed by atoms with E-state index in [1.165, 1.54) is 115 Å². The van der Waals surface area contributed by atoms with E-state index in [9.17, 15) is 0 Å². The monoisotopic (exact) mass is 750 g/mol. The molecule has 59 heavy (non-hydrogen) atoms. The second kappa shape index (κ2) is 12.6. The van der Waals surface area contributed by atoms with Gasteiger partial charge in [-0.15, -0.1) is 0 Å². The molecular formula is C58H38O. The predicted octanol–water partition coefficient (Wildman–Crippen LogP) is 15.8. The molecule has 0 N–H and O–H groups in total. The first kappa shape index (κ1) is 32.8. The topological polar surface area (TPSA) is 13.1 Å². The highest BCUT2D eigenvalue weighted by molar-refractivity contribution is 6.39. The lowest BCUT2D eigenvalue weighted by Crippen LogP contribution is -2.12. The zero-order chi connectivity index (χ0) is 38.6. The fourth-order valence-electron chi connectivity index (χ4n) is 10.8. The van der Waals surface area contributed by atoms with Crippen LogP contribution < -0.4 is 0 Å². The lowest BCUT2D eigenvalue weighted by atomic mass is 9.75. The third-order valence-corrected chi connectivity index (χ3v) is 13.5. The van der Waals surface area contributed by atoms with E-state index in [0.717, 1.165) is 30.6 Å². The smallest absolute Gasteiger partial charge is 0.135 e. The molecule has 1 nitrogen and oxygen atoms in total. The summed E-state index contributed by atoms with van der Waals surface area (Å²) in [6.07, 6.45) is 7.50. The maximum atomic E-state index is 6.32. The minimum atomic E-state index is 0.259. The van der Waals surface area contributed by atoms with Crippen LogP contribution in [0.5, 0.6) is 0 Å². The first-order valence-electron chi connectivity index (χ1n) is 21.0. The SMILES string of the molecule is C1=Cc2c(oc3cccc(-c4ccc(C5Cc6ccccc6-c6cc(-c7ccc8c9ccccc9c9c%10ccccc%10c%10ccccc%10c9c8c7)ccc65)cc4)c23)CC1. The van der Waals surface area contributed by atoms with Crippen molar-refractivity contribution in [3.05, 3.63) is 210 Å². The summed E-state index contributed by atoms with van der Waals surface area (Å²) in [5, 5.41) is 14.3. The van der Waals surface area contributed by atoms with Gasteiger partial charge in [-0.25, -0.2) is 0 Å². The van der Waals surface area contributed by atoms with Gasteiger partial charge in [-0.3, -0.25) is 0 Å². The zero-order valence-corrected chi connectivity index (χ0v) is 32.5. The summed E-state index contributed by atoms with van der Waals surface area (Å²) in [6.45, 7) is 0. The molecule has 2 aliphatic rings. The van der Waals surface area contributed by atoms with Gasteiger partial charge in [-0.2, -0.15) is 0 Å². The highest BCUT2D eigenvalue weighted by Crippen LogP contribution is 2.48. The Balaban J connectivity index is 0.967. The summed E-state index contributed by atoms with van der Waals surface area (Å²) in [6, 6.07) is 66.1. The van der Waals surface area contributed by atoms with Gasteiger partial charge in [-0.05, 0) is 135 Å². The Hall–Kier alpha value is -7.22. The number of benzene rings is 10. The Kier molecular flexibility index (Phi) is 7.03. The quantitative estimate of drug-likeness (QED) is 0.164. The van der Waals surface area contributed by atoms with Crippen LogP contribution in [0.4, 0.5) is 0 Å². The van der Waals surface area contributed by atoms with Gasteiger partial charge in [-0.1, -0.05) is 170 Å². The molecule has 0 radical (unpaired) electrons. The van der Waals surface area contributed by atoms with Crippen LogP contribution in [0, 0.1) is 0 Å². The van der Waals surface area contributed by atoms with E-state index in [4.69, 9.17) is 4.42 Å². The maximum Gasteiger partial charge on any atom is 0.135 e. The van der Waals surface area contributed by atoms with Crippen molar-refractivity contribution in [1.29, 1.82) is 0 Å². The van der Waals surface area contributed by atoms with Crippen LogP contribution in [0.3, 0.4) is 0 Å². The van der Waals surface area contributed by atoms with Crippen LogP contribution >= 0.6 is 0 Å². The van der Waals surface area contributed by atoms with Crippen molar-refractivity contribution in [2.45, 2.75) is 25.2 Å². The number of furan rings is 1. The number of hydrogen-bond donors (Lipinski definition) is 0. The molecule has 1 atom stereocenters. The average molecular weight is 751 g/mol. The van der Waals surface area contributed by atoms with Gasteiger partial charge < -0.3 is 4.42 Å². The highest BCUT2D eigenvalue weighted by atomic mass is 16.3. The first-order chi connectivity index (χ1) is 29.3. The molecule has 1 heterocycles. The van der Waals surface area contributed by atoms with E-state index >= 15 is 0 Å². The van der Waals surface area contributed by atoms with Gasteiger partial charge >= 0.3 is 0 Å². The molecule has 1 heteroatoms. The largest absolute Gasteiger partial charge is 0.460 e. The number of allylic oxidation sites excluding steroid dienone is 1. The first-order valence-corrected chi connectivity index (χ1v) is 21.0. The second-order valence-electron chi connectivity index (χ2n) is 16.5. The molecule has 0 fully saturated rings. The van der Waals surface area contributed by atoms with Gasteiger partial charge in [0.2, 0.25) is 0 Å². The lowest BCUT2D eigenvalue weighted by Gasteiger charge is -2.29. The molecule has 2 aliphatic carbocycles. The van der Waals surface area contributed by atoms with E-state index < -0.39 is 0 Å². The fraction of sp³-hybridized carbons (Fsp3) is 0.0690. The zero-order valence-electron chi connectivity index (χ0n) is 32.5. The molecule has 0 spiro atoms. The molecule has 276 valence electrons. The van der Waals surface area contributed by atoms with Crippen molar-refractivity contribution < 1.29 is 4.42 Å². The number of hydrogen-bond acceptors (Lipinski definition) is 1. The lowest BCUT2D eigenvalue weighted by molar-refractivity contribution is 0.546. The average Bonchev–Trinajstić information content (AvgIpc) is 3.70. The van der Waals surface area contributed by atoms with Crippen molar-refractivity contribution >= 4 is 70.9 Å². The molecule has 0 aliphatic heterocycles. The van der Waals surface area contributed by atoms with Gasteiger partial charge in [0.05, 0.1) is 0 Å². The van der Waals surface area contributed by atoms with Gasteiger partial charge in [0.25, 0.3) is 0 Å². The summed E-state index contributed by atoms with van der Waals surface area (Å²) < 4.78 is 6.32. The Morgan fingerprint density at radius 1 is 0.424 bits per heavy atom. The van der Waals surface area contributed by atoms with Crippen LogP contribution in [-0.4, -0.2) is 0 Å². The summed E-state index contributed by atoms with van der Waals surface area (Å²) in [5.41, 5.74) is 14.0. The van der Waals surface area contributed by atoms with Crippen LogP contribution in [0.25, 0.3) is 104 Å². The molecule has 0 saturated carbocycles. The van der Waals surface area contributed by atoms with Crippen molar-refractivity contribution in [2.75, 3.05) is 0 Å². The number of fused-ring (bicyclic) bond motifs is 17. The highest BCUT2D eigenvalue weighted by Gasteiger charge is 2.27. The Labute approximate surface area is 342 Å². The van der Waals surface area contributed by atoms with Crippen LogP contribution in [0.15, 0.2) is 186 Å². The number of rotatable bonds is 3. The Bertz CT molecular complexity index is 3560. The molecule has 1 unspecified atom stereocenters. The fourth-order valence-corrected chi connectivity index (χ4v) is 10.8. The molecule has 10 aromatic carbocycles. The third-order valence-electron chi connectivity index (χ3n) is 13.5. The molecular weight excluding hydrogens is 713 g/mol. The van der Waals surface area contributed by atoms with E-state index in [-0.39, 0.29) is 5.92 Å². The Morgan fingerprint density at radius 3 is 1.76 bits per heavy atom. The van der Waals surface area contributed by atoms with Crippen molar-refractivity contribution in [3.8, 4) is 33.4 Å². The summed E-state index contributed by atoms with van der Waals surface area (Å²) >= 11 is 0. The van der Waals surface area contributed by atoms with Crippen molar-refractivity contribution in [3.63, 3.8) is 0 Å². The molecule has 13 rings (SSSR count). The van der Waals surface area contributed by atoms with E-state index in [2.05, 4.69) is 188 Å². The summed E-state index contributed by atoms with van der Waals surface area (Å²) in [7, 11) is 0. The van der Waals surface area contributed by atoms with Gasteiger partial charge in [0.1, 0.15) is 11.3 Å². The normalized spacial score (nSPS) is 14.7. The van der Waals surface area contributed by atoms with Crippen LogP contribution in [0.1, 0.15) is 40.4 Å². The Morgan fingerprint density at radius 2 is 1.02 bits per heavy atom. The molecule has 0 amide bonds. The maximum absolute atomic E-state index is 6.32. The molecule has 1 aromatic heterocycles. The standard InChI is InChI=1S/C58H38O/c1-2-13-40-39(12-1)34-51(36-26-24-35(25-27-36)41-21-11-23-55-56(41)50-20-9-10-22-54(50)59-55)46-31-29-37(32-52(40)46)38-28-30-45-44-16-5-7-18-48(44)57-47-17-6-3-14-42(47)43-15-4-8-19-49(43)58(57)53(45)33-38/h1-9,11-21,23-33,51H,10,22,34H2. The summed E-state index contributed by atoms with van der Waals surface area (Å²) in [5.74, 6) is 1.37. The van der Waals surface area contributed by atoms with Gasteiger partial charge in [0.15, 0.2) is 0 Å². The minimum Gasteiger partial charge on any atom is -0.460 e. The molecule has 0 bridgehead atoms. The van der Waals surface area contributed by atoms with Crippen LogP contribution in [0.2, 0.25) is 0 Å². The van der Waals surface area contributed by atoms with Crippen molar-refractivity contribution in [2.24, 2.45) is 0 Å². The van der Waals surface area contributed by atoms with Gasteiger partial charge in [0, 0.05) is 23.3 Å². The molecule has 11 aromatic rings. The second-order valence-corrected chi connectivity index (χ2v) is 16.5.